The molecule has 25 heavy (non-hydrogen) atoms. The van der Waals surface area contributed by atoms with Crippen molar-refractivity contribution in [3.8, 4) is 6.07 Å². The van der Waals surface area contributed by atoms with Crippen LogP contribution in [-0.4, -0.2) is 30.9 Å². The van der Waals surface area contributed by atoms with Crippen LogP contribution in [0.15, 0.2) is 48.5 Å². The zero-order valence-corrected chi connectivity index (χ0v) is 15.5. The second-order valence-corrected chi connectivity index (χ2v) is 6.54. The normalized spacial score (nSPS) is 10.5. The molecule has 0 aliphatic heterocycles. The van der Waals surface area contributed by atoms with Crippen molar-refractivity contribution in [2.24, 2.45) is 0 Å². The number of likely N-dealkylation sites (N-methyl/N-ethyl adjacent to an activating group) is 1. The third-order valence-electron chi connectivity index (χ3n) is 3.68. The van der Waals surface area contributed by atoms with Crippen molar-refractivity contribution in [1.82, 2.24) is 4.90 Å². The topological polar surface area (TPSA) is 47.3 Å². The van der Waals surface area contributed by atoms with Crippen LogP contribution in [0.2, 0.25) is 10.0 Å². The molecule has 0 unspecified atom stereocenters. The molecule has 1 amide bonds. The summed E-state index contributed by atoms with van der Waals surface area (Å²) in [4.78, 5) is 16.2. The van der Waals surface area contributed by atoms with Gasteiger partial charge in [0.1, 0.15) is 0 Å². The summed E-state index contributed by atoms with van der Waals surface area (Å²) in [6.45, 7) is 1.12. The van der Waals surface area contributed by atoms with Crippen LogP contribution in [0, 0.1) is 11.3 Å². The molecular weight excluding hydrogens is 357 g/mol. The molecule has 2 aromatic carbocycles. The average Bonchev–Trinajstić information content (AvgIpc) is 2.58. The number of hydrogen-bond acceptors (Lipinski definition) is 3. The quantitative estimate of drug-likeness (QED) is 0.721. The lowest BCUT2D eigenvalue weighted by atomic mass is 10.2. The van der Waals surface area contributed by atoms with E-state index in [2.05, 4.69) is 6.07 Å². The fourth-order valence-corrected chi connectivity index (χ4v) is 2.95. The van der Waals surface area contributed by atoms with Gasteiger partial charge in [0.15, 0.2) is 0 Å². The summed E-state index contributed by atoms with van der Waals surface area (Å²) in [7, 11) is 1.86. The number of hydrogen-bond donors (Lipinski definition) is 0. The maximum atomic E-state index is 12.7. The lowest BCUT2D eigenvalue weighted by Gasteiger charge is -2.25. The molecular formula is C19H19Cl2N3O. The number of nitriles is 1. The van der Waals surface area contributed by atoms with Crippen LogP contribution in [0.5, 0.6) is 0 Å². The van der Waals surface area contributed by atoms with Gasteiger partial charge in [-0.2, -0.15) is 5.26 Å². The van der Waals surface area contributed by atoms with Crippen LogP contribution in [0.25, 0.3) is 0 Å². The van der Waals surface area contributed by atoms with E-state index in [4.69, 9.17) is 28.5 Å². The third-order valence-corrected chi connectivity index (χ3v) is 4.26. The molecule has 2 rings (SSSR count). The van der Waals surface area contributed by atoms with E-state index in [1.165, 1.54) is 0 Å². The highest BCUT2D eigenvalue weighted by Gasteiger charge is 2.17. The fourth-order valence-electron chi connectivity index (χ4n) is 2.48. The minimum absolute atomic E-state index is 0.0611. The molecule has 0 aliphatic carbocycles. The van der Waals surface area contributed by atoms with Crippen molar-refractivity contribution in [2.75, 3.05) is 25.0 Å². The highest BCUT2D eigenvalue weighted by Crippen LogP contribution is 2.22. The van der Waals surface area contributed by atoms with E-state index in [1.54, 1.807) is 17.0 Å². The van der Waals surface area contributed by atoms with Gasteiger partial charge in [-0.3, -0.25) is 9.69 Å². The molecule has 0 aromatic heterocycles. The summed E-state index contributed by atoms with van der Waals surface area (Å²) in [6.07, 6.45) is 0.285. The predicted molar refractivity (Wildman–Crippen MR) is 102 cm³/mol. The molecule has 0 spiro atoms. The van der Waals surface area contributed by atoms with E-state index in [9.17, 15) is 4.79 Å². The van der Waals surface area contributed by atoms with Crippen LogP contribution in [0.3, 0.4) is 0 Å². The lowest BCUT2D eigenvalue weighted by molar-refractivity contribution is -0.119. The van der Waals surface area contributed by atoms with E-state index in [0.29, 0.717) is 23.1 Å². The summed E-state index contributed by atoms with van der Waals surface area (Å²) in [6, 6.07) is 16.8. The summed E-state index contributed by atoms with van der Waals surface area (Å²) in [5.41, 5.74) is 1.70. The monoisotopic (exact) mass is 375 g/mol. The van der Waals surface area contributed by atoms with Gasteiger partial charge in [0.2, 0.25) is 5.91 Å². The van der Waals surface area contributed by atoms with Gasteiger partial charge in [0.05, 0.1) is 19.0 Å². The minimum Gasteiger partial charge on any atom is -0.310 e. The van der Waals surface area contributed by atoms with E-state index in [1.807, 2.05) is 48.3 Å². The summed E-state index contributed by atoms with van der Waals surface area (Å²) >= 11 is 12.1. The van der Waals surface area contributed by atoms with Crippen molar-refractivity contribution in [3.05, 3.63) is 64.1 Å². The SMILES string of the molecule is CN(CC(=O)N(CCC#N)c1ccccc1)Cc1ccc(Cl)cc1Cl. The Morgan fingerprint density at radius 1 is 1.16 bits per heavy atom. The van der Waals surface area contributed by atoms with Gasteiger partial charge < -0.3 is 4.90 Å². The molecule has 0 saturated carbocycles. The number of anilines is 1. The maximum absolute atomic E-state index is 12.7. The highest BCUT2D eigenvalue weighted by molar-refractivity contribution is 6.35. The van der Waals surface area contributed by atoms with Gasteiger partial charge in [0, 0.05) is 28.8 Å². The fraction of sp³-hybridized carbons (Fsp3) is 0.263. The summed E-state index contributed by atoms with van der Waals surface area (Å²) in [5.74, 6) is -0.0611. The van der Waals surface area contributed by atoms with Gasteiger partial charge in [-0.25, -0.2) is 0 Å². The van der Waals surface area contributed by atoms with E-state index >= 15 is 0 Å². The van der Waals surface area contributed by atoms with Crippen LogP contribution in [-0.2, 0) is 11.3 Å². The van der Waals surface area contributed by atoms with Crippen LogP contribution < -0.4 is 4.90 Å². The zero-order valence-electron chi connectivity index (χ0n) is 14.0. The van der Waals surface area contributed by atoms with Crippen molar-refractivity contribution in [3.63, 3.8) is 0 Å². The number of amides is 1. The molecule has 0 fully saturated rings. The summed E-state index contributed by atoms with van der Waals surface area (Å²) < 4.78 is 0. The number of halogens is 2. The molecule has 130 valence electrons. The van der Waals surface area contributed by atoms with Crippen LogP contribution in [0.4, 0.5) is 5.69 Å². The Morgan fingerprint density at radius 3 is 2.52 bits per heavy atom. The Kier molecular flexibility index (Phi) is 7.27. The Bertz CT molecular complexity index is 759. The molecule has 0 heterocycles. The van der Waals surface area contributed by atoms with E-state index in [0.717, 1.165) is 11.3 Å². The van der Waals surface area contributed by atoms with Gasteiger partial charge >= 0.3 is 0 Å². The van der Waals surface area contributed by atoms with E-state index < -0.39 is 0 Å². The molecule has 0 N–H and O–H groups in total. The first-order chi connectivity index (χ1) is 12.0. The number of nitrogens with zero attached hydrogens (tertiary/aromatic N) is 3. The smallest absolute Gasteiger partial charge is 0.241 e. The molecule has 0 atom stereocenters. The second kappa shape index (κ2) is 9.43. The first-order valence-corrected chi connectivity index (χ1v) is 8.61. The number of benzene rings is 2. The predicted octanol–water partition coefficient (Wildman–Crippen LogP) is 4.37. The highest BCUT2D eigenvalue weighted by atomic mass is 35.5. The molecule has 0 saturated heterocycles. The molecule has 6 heteroatoms. The standard InChI is InChI=1S/C19H19Cl2N3O/c1-23(13-15-8-9-16(20)12-18(15)21)14-19(25)24(11-5-10-22)17-6-3-2-4-7-17/h2-4,6-9,12H,5,11,13-14H2,1H3. The number of carbonyl (C=O) groups is 1. The van der Waals surface area contributed by atoms with E-state index in [-0.39, 0.29) is 18.9 Å². The van der Waals surface area contributed by atoms with Crippen LogP contribution >= 0.6 is 23.2 Å². The lowest BCUT2D eigenvalue weighted by Crippen LogP contribution is -2.39. The van der Waals surface area contributed by atoms with Crippen molar-refractivity contribution in [2.45, 2.75) is 13.0 Å². The minimum atomic E-state index is -0.0611. The van der Waals surface area contributed by atoms with Crippen molar-refractivity contribution < 1.29 is 4.79 Å². The van der Waals surface area contributed by atoms with Crippen LogP contribution in [0.1, 0.15) is 12.0 Å². The molecule has 2 aromatic rings. The average molecular weight is 376 g/mol. The Balaban J connectivity index is 2.05. The van der Waals surface area contributed by atoms with Gasteiger partial charge in [-0.1, -0.05) is 47.5 Å². The van der Waals surface area contributed by atoms with Gasteiger partial charge in [-0.05, 0) is 36.9 Å². The zero-order chi connectivity index (χ0) is 18.2. The Hall–Kier alpha value is -2.06. The largest absolute Gasteiger partial charge is 0.310 e. The molecule has 0 radical (unpaired) electrons. The first kappa shape index (κ1) is 19.3. The van der Waals surface area contributed by atoms with Crippen molar-refractivity contribution >= 4 is 34.8 Å². The summed E-state index contributed by atoms with van der Waals surface area (Å²) in [5, 5.41) is 10.0. The number of rotatable bonds is 7. The third kappa shape index (κ3) is 5.75. The molecule has 4 nitrogen and oxygen atoms in total. The maximum Gasteiger partial charge on any atom is 0.241 e. The molecule has 0 aliphatic rings. The number of para-hydroxylation sites is 1. The molecule has 0 bridgehead atoms. The van der Waals surface area contributed by atoms with Gasteiger partial charge in [-0.15, -0.1) is 0 Å². The number of carbonyl (C=O) groups excluding carboxylic acids is 1. The second-order valence-electron chi connectivity index (χ2n) is 5.70. The Morgan fingerprint density at radius 2 is 1.88 bits per heavy atom. The Labute approximate surface area is 158 Å². The van der Waals surface area contributed by atoms with Crippen molar-refractivity contribution in [1.29, 1.82) is 5.26 Å². The van der Waals surface area contributed by atoms with Gasteiger partial charge in [0.25, 0.3) is 0 Å². The first-order valence-electron chi connectivity index (χ1n) is 7.86.